The molecule has 1 atom stereocenters. The van der Waals surface area contributed by atoms with Gasteiger partial charge >= 0.3 is 5.89 Å². The van der Waals surface area contributed by atoms with E-state index in [2.05, 4.69) is 0 Å². The molecule has 1 aromatic heterocycles. The van der Waals surface area contributed by atoms with Crippen molar-refractivity contribution in [3.63, 3.8) is 0 Å². The minimum atomic E-state index is -4.69. The second-order valence-electron chi connectivity index (χ2n) is 9.79. The van der Waals surface area contributed by atoms with Gasteiger partial charge in [-0.2, -0.15) is 0 Å². The number of anilines is 1. The standard InChI is InChI=1S/C29H27ClN2O8S2/c1-3-20(14-29-32(18-41(33,34)35)25-16-23(30)10-12-27(25)40-29)13-28-31(17-19(2)42(36,37)38)24-15-22(9-11-26(24)39-28)21-7-5-4-6-8-21/h4-16,19H,3,17-18H2,1-2H3,(H-,33,34,35,36,37,38)/p-1. The Labute approximate surface area is 248 Å². The number of hydrogen-bond acceptors (Lipinski definition) is 9. The molecule has 220 valence electrons. The summed E-state index contributed by atoms with van der Waals surface area (Å²) in [7, 11) is -9.30. The number of nitrogens with zero attached hydrogens (tertiary/aromatic N) is 2. The van der Waals surface area contributed by atoms with Crippen molar-refractivity contribution in [2.45, 2.75) is 31.4 Å². The molecule has 4 aromatic rings. The Kier molecular flexibility index (Phi) is 8.19. The van der Waals surface area contributed by atoms with E-state index in [4.69, 9.17) is 20.8 Å². The van der Waals surface area contributed by atoms with Crippen LogP contribution in [0.15, 0.2) is 88.7 Å². The maximum absolute atomic E-state index is 11.9. The Morgan fingerprint density at radius 3 is 2.43 bits per heavy atom. The topological polar surface area (TPSA) is 144 Å². The third-order valence-corrected chi connectivity index (χ3v) is 8.72. The van der Waals surface area contributed by atoms with Gasteiger partial charge in [-0.1, -0.05) is 54.9 Å². The molecule has 13 heteroatoms. The van der Waals surface area contributed by atoms with Gasteiger partial charge in [-0.05, 0) is 54.3 Å². The summed E-state index contributed by atoms with van der Waals surface area (Å²) < 4.78 is 83.9. The highest BCUT2D eigenvalue weighted by atomic mass is 35.5. The van der Waals surface area contributed by atoms with Crippen LogP contribution >= 0.6 is 11.6 Å². The second kappa shape index (κ2) is 11.5. The van der Waals surface area contributed by atoms with Crippen LogP contribution in [0, 0.1) is 0 Å². The molecule has 10 nitrogen and oxygen atoms in total. The van der Waals surface area contributed by atoms with E-state index in [9.17, 15) is 25.9 Å². The highest BCUT2D eigenvalue weighted by Crippen LogP contribution is 2.42. The van der Waals surface area contributed by atoms with Crippen LogP contribution in [0.5, 0.6) is 5.75 Å². The van der Waals surface area contributed by atoms with E-state index >= 15 is 0 Å². The smallest absolute Gasteiger partial charge is 0.375 e. The number of fused-ring (bicyclic) bond motifs is 2. The summed E-state index contributed by atoms with van der Waals surface area (Å²) in [6, 6.07) is 19.8. The van der Waals surface area contributed by atoms with Crippen molar-refractivity contribution in [3.8, 4) is 16.9 Å². The van der Waals surface area contributed by atoms with E-state index in [1.54, 1.807) is 35.3 Å². The maximum Gasteiger partial charge on any atom is 0.375 e. The van der Waals surface area contributed by atoms with E-state index < -0.39 is 31.4 Å². The molecule has 1 aliphatic heterocycles. The Morgan fingerprint density at radius 1 is 1.02 bits per heavy atom. The van der Waals surface area contributed by atoms with Crippen LogP contribution in [0.3, 0.4) is 0 Å². The first-order chi connectivity index (χ1) is 19.8. The van der Waals surface area contributed by atoms with Gasteiger partial charge < -0.3 is 23.2 Å². The van der Waals surface area contributed by atoms with Crippen molar-refractivity contribution in [1.29, 1.82) is 0 Å². The largest absolute Gasteiger partial charge is 0.748 e. The first-order valence-electron chi connectivity index (χ1n) is 12.9. The van der Waals surface area contributed by atoms with E-state index in [-0.39, 0.29) is 18.3 Å². The van der Waals surface area contributed by atoms with E-state index in [0.29, 0.717) is 39.6 Å². The lowest BCUT2D eigenvalue weighted by molar-refractivity contribution is -0.658. The second-order valence-corrected chi connectivity index (χ2v) is 13.4. The number of hydrogen-bond donors (Lipinski definition) is 0. The minimum absolute atomic E-state index is 0.0873. The zero-order chi connectivity index (χ0) is 30.2. The third-order valence-electron chi connectivity index (χ3n) is 6.78. The van der Waals surface area contributed by atoms with Crippen LogP contribution in [0.4, 0.5) is 5.69 Å². The van der Waals surface area contributed by atoms with Crippen molar-refractivity contribution in [1.82, 2.24) is 0 Å². The van der Waals surface area contributed by atoms with Crippen molar-refractivity contribution in [2.75, 3.05) is 11.4 Å². The summed E-state index contributed by atoms with van der Waals surface area (Å²) >= 11 is 6.11. The summed E-state index contributed by atoms with van der Waals surface area (Å²) in [5.41, 5.74) is 3.65. The van der Waals surface area contributed by atoms with Crippen molar-refractivity contribution >= 4 is 54.7 Å². The van der Waals surface area contributed by atoms with E-state index in [1.165, 1.54) is 17.6 Å². The van der Waals surface area contributed by atoms with Crippen LogP contribution in [0.2, 0.25) is 5.02 Å². The third kappa shape index (κ3) is 6.53. The molecule has 0 radical (unpaired) electrons. The van der Waals surface area contributed by atoms with Crippen LogP contribution in [-0.4, -0.2) is 37.7 Å². The summed E-state index contributed by atoms with van der Waals surface area (Å²) in [5, 5.41) is -0.923. The predicted octanol–water partition coefficient (Wildman–Crippen LogP) is 5.01. The number of benzene rings is 3. The average Bonchev–Trinajstić information content (AvgIpc) is 3.43. The quantitative estimate of drug-likeness (QED) is 0.184. The normalized spacial score (nSPS) is 15.7. The number of allylic oxidation sites excluding steroid dienone is 2. The molecule has 0 saturated heterocycles. The van der Waals surface area contributed by atoms with Gasteiger partial charge in [-0.15, -0.1) is 4.57 Å². The lowest BCUT2D eigenvalue weighted by atomic mass is 10.0. The molecule has 0 fully saturated rings. The van der Waals surface area contributed by atoms with Crippen LogP contribution < -0.4 is 14.2 Å². The summed E-state index contributed by atoms with van der Waals surface area (Å²) in [6.07, 6.45) is 3.64. The molecule has 1 aliphatic rings. The first kappa shape index (κ1) is 29.8. The Hall–Kier alpha value is -3.68. The fourth-order valence-corrected chi connectivity index (χ4v) is 5.67. The predicted molar refractivity (Wildman–Crippen MR) is 156 cm³/mol. The lowest BCUT2D eigenvalue weighted by Crippen LogP contribution is -2.39. The first-order valence-corrected chi connectivity index (χ1v) is 16.3. The van der Waals surface area contributed by atoms with Gasteiger partial charge in [0.2, 0.25) is 17.3 Å². The monoisotopic (exact) mass is 629 g/mol. The summed E-state index contributed by atoms with van der Waals surface area (Å²) in [6.45, 7) is 3.01. The zero-order valence-corrected chi connectivity index (χ0v) is 24.9. The summed E-state index contributed by atoms with van der Waals surface area (Å²) in [4.78, 5) is 1.62. The van der Waals surface area contributed by atoms with E-state index in [1.807, 2.05) is 49.4 Å². The molecule has 0 amide bonds. The van der Waals surface area contributed by atoms with Gasteiger partial charge in [0.25, 0.3) is 5.52 Å². The molecular weight excluding hydrogens is 604 g/mol. The molecule has 2 heterocycles. The van der Waals surface area contributed by atoms with Gasteiger partial charge in [0, 0.05) is 23.7 Å². The zero-order valence-electron chi connectivity index (χ0n) is 22.6. The Morgan fingerprint density at radius 2 is 1.76 bits per heavy atom. The molecule has 1 unspecified atom stereocenters. The Bertz CT molecular complexity index is 1930. The van der Waals surface area contributed by atoms with Gasteiger partial charge in [-0.3, -0.25) is 0 Å². The molecule has 5 rings (SSSR count). The number of rotatable bonds is 9. The van der Waals surface area contributed by atoms with Gasteiger partial charge in [-0.25, -0.2) is 16.8 Å². The molecule has 0 saturated carbocycles. The highest BCUT2D eigenvalue weighted by Gasteiger charge is 2.30. The highest BCUT2D eigenvalue weighted by molar-refractivity contribution is 7.86. The molecular formula is C29H26ClN2O8S2-. The molecule has 42 heavy (non-hydrogen) atoms. The maximum atomic E-state index is 11.9. The fourth-order valence-electron chi connectivity index (χ4n) is 4.59. The van der Waals surface area contributed by atoms with Crippen LogP contribution in [-0.2, 0) is 26.1 Å². The average molecular weight is 630 g/mol. The van der Waals surface area contributed by atoms with Crippen LogP contribution in [0.25, 0.3) is 28.3 Å². The van der Waals surface area contributed by atoms with Crippen molar-refractivity contribution in [2.24, 2.45) is 0 Å². The Balaban J connectivity index is 1.60. The van der Waals surface area contributed by atoms with Gasteiger partial charge in [0.05, 0.1) is 27.1 Å². The number of halogens is 1. The summed E-state index contributed by atoms with van der Waals surface area (Å²) in [5.74, 6) is -0.0577. The molecule has 0 aliphatic carbocycles. The van der Waals surface area contributed by atoms with Crippen LogP contribution in [0.1, 0.15) is 26.2 Å². The van der Waals surface area contributed by atoms with Crippen molar-refractivity contribution in [3.05, 3.63) is 95.2 Å². The molecule has 0 spiro atoms. The van der Waals surface area contributed by atoms with Gasteiger partial charge in [0.1, 0.15) is 0 Å². The SMILES string of the molecule is CCC(/C=C1\Oc2ccc(-c3ccccc3)cc2N1CC(C)S(=O)(=O)[O-])=C\c1oc2ccc(Cl)cc2[n+]1CS(=O)(=O)[O-]. The lowest BCUT2D eigenvalue weighted by Gasteiger charge is -2.24. The van der Waals surface area contributed by atoms with Crippen molar-refractivity contribution < 1.29 is 39.7 Å². The number of oxazole rings is 1. The van der Waals surface area contributed by atoms with E-state index in [0.717, 1.165) is 11.1 Å². The fraction of sp³-hybridized carbons (Fsp3) is 0.207. The minimum Gasteiger partial charge on any atom is -0.748 e. The van der Waals surface area contributed by atoms with Gasteiger partial charge in [0.15, 0.2) is 15.9 Å². The number of aromatic nitrogens is 1. The number of ether oxygens (including phenoxy) is 1. The molecule has 0 N–H and O–H groups in total. The molecule has 0 bridgehead atoms. The molecule has 3 aromatic carbocycles.